The van der Waals surface area contributed by atoms with Gasteiger partial charge < -0.3 is 21.5 Å². The summed E-state index contributed by atoms with van der Waals surface area (Å²) in [5.74, 6) is 5.09. The number of rotatable bonds is 11. The number of carbonyl (C=O) groups excluding carboxylic acids is 3. The molecule has 2 amide bonds. The Balaban J connectivity index is 1.47. The van der Waals surface area contributed by atoms with Gasteiger partial charge in [0.2, 0.25) is 5.91 Å². The van der Waals surface area contributed by atoms with Gasteiger partial charge in [-0.2, -0.15) is 0 Å². The number of hydrogen-bond donors (Lipinski definition) is 4. The van der Waals surface area contributed by atoms with Crippen LogP contribution in [-0.2, 0) is 16.0 Å². The maximum Gasteiger partial charge on any atom is 0.251 e. The molecule has 0 heterocycles. The van der Waals surface area contributed by atoms with E-state index in [-0.39, 0.29) is 12.5 Å². The second-order valence-electron chi connectivity index (χ2n) is 8.54. The van der Waals surface area contributed by atoms with Gasteiger partial charge in [0.15, 0.2) is 5.78 Å². The number of anilines is 1. The van der Waals surface area contributed by atoms with Crippen molar-refractivity contribution in [1.82, 2.24) is 5.32 Å². The SMILES string of the molecule is CSc1ccc(CCCC(=O)Nc2ccc(C#Cc3ccc(C(=O)N[C@@H](CN)C(=O)CO)cc3)cc2)cc1. The molecule has 7 nitrogen and oxygen atoms in total. The molecule has 3 aromatic rings. The molecule has 0 spiro atoms. The third-order valence-corrected chi connectivity index (χ3v) is 6.52. The van der Waals surface area contributed by atoms with Crippen molar-refractivity contribution in [1.29, 1.82) is 0 Å². The first-order valence-corrected chi connectivity index (χ1v) is 13.4. The number of Topliss-reactive ketones (excluding diaryl/α,β-unsaturated/α-hetero) is 1. The number of benzene rings is 3. The zero-order valence-corrected chi connectivity index (χ0v) is 22.0. The van der Waals surface area contributed by atoms with Crippen LogP contribution in [0.2, 0.25) is 0 Å². The highest BCUT2D eigenvalue weighted by Gasteiger charge is 2.18. The van der Waals surface area contributed by atoms with Gasteiger partial charge in [-0.3, -0.25) is 14.4 Å². The number of nitrogens with two attached hydrogens (primary N) is 1. The van der Waals surface area contributed by atoms with E-state index >= 15 is 0 Å². The first kappa shape index (κ1) is 28.7. The number of carbonyl (C=O) groups is 3. The van der Waals surface area contributed by atoms with Crippen LogP contribution in [0.5, 0.6) is 0 Å². The first-order valence-electron chi connectivity index (χ1n) is 12.2. The van der Waals surface area contributed by atoms with Gasteiger partial charge in [-0.1, -0.05) is 24.0 Å². The average molecular weight is 530 g/mol. The van der Waals surface area contributed by atoms with Crippen LogP contribution in [-0.4, -0.2) is 48.2 Å². The zero-order chi connectivity index (χ0) is 27.3. The number of ketones is 1. The molecule has 0 saturated heterocycles. The van der Waals surface area contributed by atoms with Gasteiger partial charge in [0.05, 0.1) is 0 Å². The highest BCUT2D eigenvalue weighted by atomic mass is 32.2. The largest absolute Gasteiger partial charge is 0.388 e. The third kappa shape index (κ3) is 8.89. The van der Waals surface area contributed by atoms with E-state index in [1.165, 1.54) is 10.5 Å². The summed E-state index contributed by atoms with van der Waals surface area (Å²) in [6, 6.07) is 21.4. The second kappa shape index (κ2) is 14.7. The maximum absolute atomic E-state index is 12.3. The van der Waals surface area contributed by atoms with Crippen LogP contribution in [0.15, 0.2) is 77.7 Å². The molecule has 8 heteroatoms. The van der Waals surface area contributed by atoms with E-state index in [0.29, 0.717) is 17.5 Å². The monoisotopic (exact) mass is 529 g/mol. The molecule has 3 aromatic carbocycles. The average Bonchev–Trinajstić information content (AvgIpc) is 2.95. The van der Waals surface area contributed by atoms with Crippen molar-refractivity contribution in [2.24, 2.45) is 5.73 Å². The molecule has 0 bridgehead atoms. The minimum absolute atomic E-state index is 0.0211. The number of aryl methyl sites for hydroxylation is 1. The Morgan fingerprint density at radius 2 is 1.53 bits per heavy atom. The number of aliphatic hydroxyl groups is 1. The Morgan fingerprint density at radius 1 is 0.921 bits per heavy atom. The van der Waals surface area contributed by atoms with Crippen molar-refractivity contribution in [3.63, 3.8) is 0 Å². The topological polar surface area (TPSA) is 122 Å². The van der Waals surface area contributed by atoms with Crippen molar-refractivity contribution in [2.45, 2.75) is 30.2 Å². The molecule has 0 unspecified atom stereocenters. The van der Waals surface area contributed by atoms with Crippen molar-refractivity contribution >= 4 is 35.0 Å². The number of aliphatic hydroxyl groups excluding tert-OH is 1. The highest BCUT2D eigenvalue weighted by molar-refractivity contribution is 7.98. The molecular formula is C30H31N3O4S. The van der Waals surface area contributed by atoms with Gasteiger partial charge in [-0.25, -0.2) is 0 Å². The lowest BCUT2D eigenvalue weighted by atomic mass is 10.1. The van der Waals surface area contributed by atoms with Crippen LogP contribution in [0.1, 0.15) is 39.9 Å². The second-order valence-corrected chi connectivity index (χ2v) is 9.42. The lowest BCUT2D eigenvalue weighted by Gasteiger charge is -2.14. The molecule has 0 aliphatic rings. The van der Waals surface area contributed by atoms with Crippen molar-refractivity contribution in [3.05, 3.63) is 95.1 Å². The van der Waals surface area contributed by atoms with Gasteiger partial charge in [0.25, 0.3) is 5.91 Å². The van der Waals surface area contributed by atoms with Crippen molar-refractivity contribution in [3.8, 4) is 11.8 Å². The van der Waals surface area contributed by atoms with Crippen molar-refractivity contribution in [2.75, 3.05) is 24.7 Å². The van der Waals surface area contributed by atoms with Gasteiger partial charge in [-0.05, 0) is 85.3 Å². The van der Waals surface area contributed by atoms with Gasteiger partial charge in [0, 0.05) is 40.2 Å². The molecule has 0 saturated carbocycles. The normalized spacial score (nSPS) is 11.1. The van der Waals surface area contributed by atoms with Gasteiger partial charge in [0.1, 0.15) is 12.6 Å². The number of hydrogen-bond acceptors (Lipinski definition) is 6. The lowest BCUT2D eigenvalue weighted by Crippen LogP contribution is -2.46. The summed E-state index contributed by atoms with van der Waals surface area (Å²) in [7, 11) is 0. The van der Waals surface area contributed by atoms with E-state index in [9.17, 15) is 14.4 Å². The van der Waals surface area contributed by atoms with Crippen LogP contribution in [0, 0.1) is 11.8 Å². The number of amides is 2. The Morgan fingerprint density at radius 3 is 2.08 bits per heavy atom. The predicted octanol–water partition coefficient (Wildman–Crippen LogP) is 3.39. The minimum atomic E-state index is -0.928. The Bertz CT molecular complexity index is 1290. The summed E-state index contributed by atoms with van der Waals surface area (Å²) in [4.78, 5) is 37.4. The fourth-order valence-corrected chi connectivity index (χ4v) is 3.99. The third-order valence-electron chi connectivity index (χ3n) is 5.78. The molecule has 0 aliphatic heterocycles. The van der Waals surface area contributed by atoms with Crippen LogP contribution in [0.25, 0.3) is 0 Å². The summed E-state index contributed by atoms with van der Waals surface area (Å²) in [5, 5.41) is 14.4. The Kier molecular flexibility index (Phi) is 11.1. The summed E-state index contributed by atoms with van der Waals surface area (Å²) in [6.45, 7) is -0.775. The number of nitrogens with one attached hydrogen (secondary N) is 2. The molecular weight excluding hydrogens is 498 g/mol. The fraction of sp³-hybridized carbons (Fsp3) is 0.233. The van der Waals surface area contributed by atoms with E-state index in [2.05, 4.69) is 46.7 Å². The van der Waals surface area contributed by atoms with Crippen LogP contribution >= 0.6 is 11.8 Å². The summed E-state index contributed by atoms with van der Waals surface area (Å²) in [6.07, 6.45) is 4.14. The molecule has 3 rings (SSSR count). The minimum Gasteiger partial charge on any atom is -0.388 e. The molecule has 1 atom stereocenters. The molecule has 0 fully saturated rings. The van der Waals surface area contributed by atoms with Crippen molar-refractivity contribution < 1.29 is 19.5 Å². The first-order chi connectivity index (χ1) is 18.4. The molecule has 196 valence electrons. The Hall–Kier alpha value is -3.90. The summed E-state index contributed by atoms with van der Waals surface area (Å²) >= 11 is 1.71. The fourth-order valence-electron chi connectivity index (χ4n) is 3.58. The molecule has 0 aliphatic carbocycles. The van der Waals surface area contributed by atoms with Crippen LogP contribution in [0.4, 0.5) is 5.69 Å². The van der Waals surface area contributed by atoms with Gasteiger partial charge in [-0.15, -0.1) is 11.8 Å². The van der Waals surface area contributed by atoms with Crippen LogP contribution < -0.4 is 16.4 Å². The van der Waals surface area contributed by atoms with E-state index in [4.69, 9.17) is 10.8 Å². The summed E-state index contributed by atoms with van der Waals surface area (Å²) < 4.78 is 0. The van der Waals surface area contributed by atoms with E-state index < -0.39 is 24.3 Å². The molecule has 5 N–H and O–H groups in total. The summed E-state index contributed by atoms with van der Waals surface area (Å²) in [5.41, 5.74) is 9.29. The predicted molar refractivity (Wildman–Crippen MR) is 151 cm³/mol. The molecule has 0 aromatic heterocycles. The zero-order valence-electron chi connectivity index (χ0n) is 21.2. The maximum atomic E-state index is 12.3. The Labute approximate surface area is 227 Å². The smallest absolute Gasteiger partial charge is 0.251 e. The van der Waals surface area contributed by atoms with Crippen LogP contribution in [0.3, 0.4) is 0 Å². The van der Waals surface area contributed by atoms with Gasteiger partial charge >= 0.3 is 0 Å². The van der Waals surface area contributed by atoms with E-state index in [1.807, 2.05) is 30.5 Å². The number of thioether (sulfide) groups is 1. The highest BCUT2D eigenvalue weighted by Crippen LogP contribution is 2.16. The molecule has 0 radical (unpaired) electrons. The standard InChI is InChI=1S/C30H31N3O4S/c1-38-26-17-11-21(12-18-26)3-2-4-29(36)32-25-15-9-23(10-16-25)6-5-22-7-13-24(14-8-22)30(37)33-27(19-31)28(35)20-34/h7-18,27,34H,2-4,19-20,31H2,1H3,(H,32,36)(H,33,37)/t27-/m0/s1. The van der Waals surface area contributed by atoms with E-state index in [0.717, 1.165) is 24.1 Å². The quantitative estimate of drug-likeness (QED) is 0.223. The molecule has 38 heavy (non-hydrogen) atoms. The lowest BCUT2D eigenvalue weighted by molar-refractivity contribution is -0.123. The van der Waals surface area contributed by atoms with E-state index in [1.54, 1.807) is 36.0 Å².